The molecule has 0 N–H and O–H groups in total. The SMILES string of the molecule is Cn1c(COc2cccc(C(F)(F)F)c2)nnc1C1CCCCC1. The number of aromatic nitrogens is 3. The molecule has 1 aliphatic rings. The highest BCUT2D eigenvalue weighted by molar-refractivity contribution is 5.30. The van der Waals surface area contributed by atoms with Crippen molar-refractivity contribution >= 4 is 0 Å². The van der Waals surface area contributed by atoms with Gasteiger partial charge in [0.1, 0.15) is 18.2 Å². The Morgan fingerprint density at radius 2 is 1.92 bits per heavy atom. The summed E-state index contributed by atoms with van der Waals surface area (Å²) in [5.74, 6) is 2.15. The zero-order valence-corrected chi connectivity index (χ0v) is 13.5. The van der Waals surface area contributed by atoms with Crippen LogP contribution in [0, 0.1) is 0 Å². The predicted octanol–water partition coefficient (Wildman–Crippen LogP) is 4.46. The highest BCUT2D eigenvalue weighted by Crippen LogP contribution is 2.32. The minimum atomic E-state index is -4.38. The van der Waals surface area contributed by atoms with Gasteiger partial charge in [0.15, 0.2) is 5.82 Å². The lowest BCUT2D eigenvalue weighted by Crippen LogP contribution is -2.12. The van der Waals surface area contributed by atoms with E-state index in [1.807, 2.05) is 11.6 Å². The van der Waals surface area contributed by atoms with Gasteiger partial charge in [-0.25, -0.2) is 0 Å². The minimum absolute atomic E-state index is 0.0948. The lowest BCUT2D eigenvalue weighted by Gasteiger charge is -2.20. The highest BCUT2D eigenvalue weighted by Gasteiger charge is 2.30. The molecule has 0 unspecified atom stereocenters. The van der Waals surface area contributed by atoms with Gasteiger partial charge in [-0.2, -0.15) is 13.2 Å². The molecule has 2 aromatic rings. The topological polar surface area (TPSA) is 39.9 Å². The molecule has 1 aromatic heterocycles. The van der Waals surface area contributed by atoms with Crippen LogP contribution in [0.15, 0.2) is 24.3 Å². The third-order valence-electron chi connectivity index (χ3n) is 4.50. The monoisotopic (exact) mass is 339 g/mol. The zero-order chi connectivity index (χ0) is 17.2. The first-order valence-electron chi connectivity index (χ1n) is 8.13. The molecule has 0 spiro atoms. The largest absolute Gasteiger partial charge is 0.486 e. The van der Waals surface area contributed by atoms with E-state index in [1.165, 1.54) is 31.4 Å². The van der Waals surface area contributed by atoms with Crippen molar-refractivity contribution in [2.24, 2.45) is 7.05 Å². The Bertz CT molecular complexity index is 691. The molecule has 0 bridgehead atoms. The van der Waals surface area contributed by atoms with Crippen LogP contribution in [-0.4, -0.2) is 14.8 Å². The van der Waals surface area contributed by atoms with Crippen LogP contribution in [0.3, 0.4) is 0 Å². The fourth-order valence-electron chi connectivity index (χ4n) is 3.13. The van der Waals surface area contributed by atoms with E-state index in [0.717, 1.165) is 30.8 Å². The van der Waals surface area contributed by atoms with E-state index >= 15 is 0 Å². The molecule has 0 aliphatic heterocycles. The van der Waals surface area contributed by atoms with E-state index in [4.69, 9.17) is 4.74 Å². The van der Waals surface area contributed by atoms with Crippen molar-refractivity contribution in [3.8, 4) is 5.75 Å². The van der Waals surface area contributed by atoms with Crippen molar-refractivity contribution < 1.29 is 17.9 Å². The van der Waals surface area contributed by atoms with Crippen molar-refractivity contribution in [2.75, 3.05) is 0 Å². The van der Waals surface area contributed by atoms with Gasteiger partial charge in [-0.1, -0.05) is 25.3 Å². The van der Waals surface area contributed by atoms with Crippen molar-refractivity contribution in [1.82, 2.24) is 14.8 Å². The third kappa shape index (κ3) is 3.71. The van der Waals surface area contributed by atoms with Gasteiger partial charge in [-0.3, -0.25) is 0 Å². The van der Waals surface area contributed by atoms with Gasteiger partial charge in [-0.05, 0) is 31.0 Å². The average Bonchev–Trinajstić information content (AvgIpc) is 2.94. The summed E-state index contributed by atoms with van der Waals surface area (Å²) in [5.41, 5.74) is -0.721. The second-order valence-electron chi connectivity index (χ2n) is 6.18. The van der Waals surface area contributed by atoms with Gasteiger partial charge in [0.2, 0.25) is 0 Å². The van der Waals surface area contributed by atoms with Gasteiger partial charge in [0, 0.05) is 13.0 Å². The molecular formula is C17H20F3N3O. The van der Waals surface area contributed by atoms with Crippen molar-refractivity contribution in [1.29, 1.82) is 0 Å². The maximum Gasteiger partial charge on any atom is 0.416 e. The number of hydrogen-bond donors (Lipinski definition) is 0. The number of ether oxygens (including phenoxy) is 1. The molecule has 24 heavy (non-hydrogen) atoms. The summed E-state index contributed by atoms with van der Waals surface area (Å²) in [6, 6.07) is 4.87. The zero-order valence-electron chi connectivity index (χ0n) is 13.5. The van der Waals surface area contributed by atoms with Crippen LogP contribution in [0.25, 0.3) is 0 Å². The van der Waals surface area contributed by atoms with E-state index in [2.05, 4.69) is 10.2 Å². The molecule has 130 valence electrons. The van der Waals surface area contributed by atoms with Crippen LogP contribution in [0.2, 0.25) is 0 Å². The van der Waals surface area contributed by atoms with Gasteiger partial charge in [0.25, 0.3) is 0 Å². The van der Waals surface area contributed by atoms with E-state index in [0.29, 0.717) is 11.7 Å². The molecule has 0 radical (unpaired) electrons. The molecule has 3 rings (SSSR count). The molecule has 1 saturated carbocycles. The Labute approximate surface area is 138 Å². The number of benzene rings is 1. The molecular weight excluding hydrogens is 319 g/mol. The molecule has 1 heterocycles. The summed E-state index contributed by atoms with van der Waals surface area (Å²) in [7, 11) is 1.88. The highest BCUT2D eigenvalue weighted by atomic mass is 19.4. The lowest BCUT2D eigenvalue weighted by atomic mass is 9.89. The van der Waals surface area contributed by atoms with E-state index in [1.54, 1.807) is 0 Å². The smallest absolute Gasteiger partial charge is 0.416 e. The van der Waals surface area contributed by atoms with Crippen molar-refractivity contribution in [2.45, 2.75) is 50.8 Å². The van der Waals surface area contributed by atoms with Gasteiger partial charge in [0.05, 0.1) is 5.56 Å². The molecule has 0 amide bonds. The number of rotatable bonds is 4. The first kappa shape index (κ1) is 16.8. The predicted molar refractivity (Wildman–Crippen MR) is 82.6 cm³/mol. The van der Waals surface area contributed by atoms with Crippen molar-refractivity contribution in [3.05, 3.63) is 41.5 Å². The summed E-state index contributed by atoms with van der Waals surface area (Å²) in [6.07, 6.45) is 1.51. The van der Waals surface area contributed by atoms with Crippen LogP contribution in [0.5, 0.6) is 5.75 Å². The van der Waals surface area contributed by atoms with Crippen LogP contribution < -0.4 is 4.74 Å². The summed E-state index contributed by atoms with van der Waals surface area (Å²) >= 11 is 0. The Balaban J connectivity index is 1.68. The second-order valence-corrected chi connectivity index (χ2v) is 6.18. The Morgan fingerprint density at radius 1 is 1.17 bits per heavy atom. The van der Waals surface area contributed by atoms with Gasteiger partial charge >= 0.3 is 6.18 Å². The summed E-state index contributed by atoms with van der Waals surface area (Å²) in [4.78, 5) is 0. The van der Waals surface area contributed by atoms with Gasteiger partial charge < -0.3 is 9.30 Å². The maximum atomic E-state index is 12.7. The molecule has 1 fully saturated rings. The fourth-order valence-corrected chi connectivity index (χ4v) is 3.13. The standard InChI is InChI=1S/C17H20F3N3O/c1-23-15(21-22-16(23)12-6-3-2-4-7-12)11-24-14-9-5-8-13(10-14)17(18,19)20/h5,8-10,12H,2-4,6-7,11H2,1H3. The Morgan fingerprint density at radius 3 is 2.62 bits per heavy atom. The number of alkyl halides is 3. The van der Waals surface area contributed by atoms with Crippen LogP contribution >= 0.6 is 0 Å². The first-order chi connectivity index (χ1) is 11.4. The normalized spacial score (nSPS) is 16.3. The fraction of sp³-hybridized carbons (Fsp3) is 0.529. The molecule has 4 nitrogen and oxygen atoms in total. The molecule has 7 heteroatoms. The molecule has 1 aromatic carbocycles. The number of halogens is 3. The second kappa shape index (κ2) is 6.83. The van der Waals surface area contributed by atoms with Crippen LogP contribution in [-0.2, 0) is 19.8 Å². The first-order valence-corrected chi connectivity index (χ1v) is 8.13. The van der Waals surface area contributed by atoms with E-state index < -0.39 is 11.7 Å². The summed E-state index contributed by atoms with van der Waals surface area (Å²) in [5, 5.41) is 8.40. The maximum absolute atomic E-state index is 12.7. The lowest BCUT2D eigenvalue weighted by molar-refractivity contribution is -0.137. The number of nitrogens with zero attached hydrogens (tertiary/aromatic N) is 3. The van der Waals surface area contributed by atoms with E-state index in [9.17, 15) is 13.2 Å². The molecule has 1 aliphatic carbocycles. The summed E-state index contributed by atoms with van der Waals surface area (Å²) in [6.45, 7) is 0.0948. The number of hydrogen-bond acceptors (Lipinski definition) is 3. The van der Waals surface area contributed by atoms with Crippen molar-refractivity contribution in [3.63, 3.8) is 0 Å². The molecule has 0 atom stereocenters. The minimum Gasteiger partial charge on any atom is -0.486 e. The van der Waals surface area contributed by atoms with E-state index in [-0.39, 0.29) is 12.4 Å². The Kier molecular flexibility index (Phi) is 4.78. The Hall–Kier alpha value is -2.05. The van der Waals surface area contributed by atoms with Crippen LogP contribution in [0.4, 0.5) is 13.2 Å². The quantitative estimate of drug-likeness (QED) is 0.826. The average molecular weight is 339 g/mol. The molecule has 0 saturated heterocycles. The van der Waals surface area contributed by atoms with Crippen LogP contribution in [0.1, 0.15) is 55.2 Å². The third-order valence-corrected chi connectivity index (χ3v) is 4.50. The van der Waals surface area contributed by atoms with Gasteiger partial charge in [-0.15, -0.1) is 10.2 Å². The summed E-state index contributed by atoms with van der Waals surface area (Å²) < 4.78 is 45.6.